The molecular weight excluding hydrogens is 491 g/mol. The van der Waals surface area contributed by atoms with Gasteiger partial charge in [-0.05, 0) is 50.1 Å². The van der Waals surface area contributed by atoms with Gasteiger partial charge in [0.25, 0.3) is 5.91 Å². The molecule has 0 radical (unpaired) electrons. The Hall–Kier alpha value is -2.29. The molecule has 1 unspecified atom stereocenters. The van der Waals surface area contributed by atoms with Gasteiger partial charge in [-0.2, -0.15) is 0 Å². The summed E-state index contributed by atoms with van der Waals surface area (Å²) in [6, 6.07) is 15.6. The lowest BCUT2D eigenvalue weighted by molar-refractivity contribution is 0.0827. The van der Waals surface area contributed by atoms with Gasteiger partial charge in [0.2, 0.25) is 0 Å². The van der Waals surface area contributed by atoms with E-state index in [1.165, 1.54) is 0 Å². The predicted octanol–water partition coefficient (Wildman–Crippen LogP) is 3.84. The van der Waals surface area contributed by atoms with Crippen molar-refractivity contribution in [3.05, 3.63) is 65.2 Å². The van der Waals surface area contributed by atoms with Crippen molar-refractivity contribution in [3.8, 4) is 5.75 Å². The zero-order valence-corrected chi connectivity index (χ0v) is 20.8. The van der Waals surface area contributed by atoms with Crippen LogP contribution in [0.2, 0.25) is 0 Å². The Bertz CT molecular complexity index is 822. The lowest BCUT2D eigenvalue weighted by Gasteiger charge is -2.18. The summed E-state index contributed by atoms with van der Waals surface area (Å²) in [6.45, 7) is 8.04. The number of amides is 1. The van der Waals surface area contributed by atoms with Crippen LogP contribution >= 0.6 is 24.0 Å². The molecule has 2 aromatic rings. The highest BCUT2D eigenvalue weighted by atomic mass is 127. The first kappa shape index (κ1) is 25.7. The lowest BCUT2D eigenvalue weighted by atomic mass is 10.1. The van der Waals surface area contributed by atoms with Gasteiger partial charge in [0.05, 0.1) is 13.1 Å². The van der Waals surface area contributed by atoms with Crippen LogP contribution in [0.3, 0.4) is 0 Å². The van der Waals surface area contributed by atoms with Gasteiger partial charge < -0.3 is 20.3 Å². The van der Waals surface area contributed by atoms with Gasteiger partial charge in [0.1, 0.15) is 11.9 Å². The van der Waals surface area contributed by atoms with Crippen molar-refractivity contribution in [3.63, 3.8) is 0 Å². The number of benzene rings is 2. The van der Waals surface area contributed by atoms with Gasteiger partial charge in [-0.1, -0.05) is 30.3 Å². The maximum Gasteiger partial charge on any atom is 0.253 e. The molecule has 1 amide bonds. The second-order valence-corrected chi connectivity index (χ2v) is 7.17. The number of halogens is 1. The van der Waals surface area contributed by atoms with Gasteiger partial charge in [0.15, 0.2) is 5.96 Å². The number of hydrogen-bond donors (Lipinski definition) is 2. The van der Waals surface area contributed by atoms with E-state index in [4.69, 9.17) is 4.74 Å². The summed E-state index contributed by atoms with van der Waals surface area (Å²) < 4.78 is 6.01. The minimum atomic E-state index is -0.00344. The molecule has 0 heterocycles. The highest BCUT2D eigenvalue weighted by molar-refractivity contribution is 14.0. The van der Waals surface area contributed by atoms with Crippen molar-refractivity contribution in [2.75, 3.05) is 27.2 Å². The average Bonchev–Trinajstić information content (AvgIpc) is 2.71. The van der Waals surface area contributed by atoms with Crippen molar-refractivity contribution in [1.82, 2.24) is 15.5 Å². The fraction of sp³-hybridized carbons (Fsp3) is 0.391. The second-order valence-electron chi connectivity index (χ2n) is 7.17. The molecule has 0 aliphatic carbocycles. The number of aryl methyl sites for hydroxylation is 1. The minimum absolute atomic E-state index is 0. The molecule has 0 spiro atoms. The van der Waals surface area contributed by atoms with E-state index in [-0.39, 0.29) is 36.0 Å². The van der Waals surface area contributed by atoms with Crippen LogP contribution in [0.1, 0.15) is 35.3 Å². The SMILES string of the molecule is CCNC(=NCc1ccc(C(=O)N(C)C)cc1)NCC(C)Oc1ccccc1C.I. The van der Waals surface area contributed by atoms with Gasteiger partial charge >= 0.3 is 0 Å². The van der Waals surface area contributed by atoms with Crippen LogP contribution in [0.4, 0.5) is 0 Å². The van der Waals surface area contributed by atoms with Crippen LogP contribution in [-0.2, 0) is 6.54 Å². The van der Waals surface area contributed by atoms with Crippen LogP contribution in [0.15, 0.2) is 53.5 Å². The van der Waals surface area contributed by atoms with E-state index in [0.717, 1.165) is 29.4 Å². The number of carbonyl (C=O) groups is 1. The van der Waals surface area contributed by atoms with Crippen molar-refractivity contribution < 1.29 is 9.53 Å². The van der Waals surface area contributed by atoms with Crippen LogP contribution < -0.4 is 15.4 Å². The average molecular weight is 524 g/mol. The van der Waals surface area contributed by atoms with Crippen molar-refractivity contribution in [2.24, 2.45) is 4.99 Å². The zero-order chi connectivity index (χ0) is 21.2. The Balaban J connectivity index is 0.00000450. The Morgan fingerprint density at radius 3 is 2.37 bits per heavy atom. The highest BCUT2D eigenvalue weighted by Crippen LogP contribution is 2.17. The molecule has 164 valence electrons. The standard InChI is InChI=1S/C23H32N4O2.HI/c1-6-24-23(25-15-18(3)29-21-10-8-7-9-17(21)2)26-16-19-11-13-20(14-12-19)22(28)27(4)5;/h7-14,18H,6,15-16H2,1-5H3,(H2,24,25,26);1H. The van der Waals surface area contributed by atoms with E-state index in [9.17, 15) is 4.79 Å². The van der Waals surface area contributed by atoms with Gasteiger partial charge in [-0.3, -0.25) is 4.79 Å². The van der Waals surface area contributed by atoms with Crippen LogP contribution in [0.5, 0.6) is 5.75 Å². The fourth-order valence-corrected chi connectivity index (χ4v) is 2.71. The van der Waals surface area contributed by atoms with E-state index in [1.807, 2.05) is 69.3 Å². The summed E-state index contributed by atoms with van der Waals surface area (Å²) in [5.41, 5.74) is 2.84. The number of aliphatic imine (C=N–C) groups is 1. The molecule has 1 atom stereocenters. The lowest BCUT2D eigenvalue weighted by Crippen LogP contribution is -2.41. The number of para-hydroxylation sites is 1. The second kappa shape index (κ2) is 13.1. The number of nitrogens with zero attached hydrogens (tertiary/aromatic N) is 2. The molecule has 2 rings (SSSR count). The topological polar surface area (TPSA) is 66.0 Å². The molecular formula is C23H33IN4O2. The molecule has 6 nitrogen and oxygen atoms in total. The number of guanidine groups is 1. The first-order valence-corrected chi connectivity index (χ1v) is 9.95. The van der Waals surface area contributed by atoms with Crippen LogP contribution in [0, 0.1) is 6.92 Å². The molecule has 0 saturated heterocycles. The maximum absolute atomic E-state index is 12.0. The Labute approximate surface area is 197 Å². The maximum atomic E-state index is 12.0. The third kappa shape index (κ3) is 8.22. The van der Waals surface area contributed by atoms with Gasteiger partial charge in [-0.25, -0.2) is 4.99 Å². The third-order valence-electron chi connectivity index (χ3n) is 4.35. The van der Waals surface area contributed by atoms with Gasteiger partial charge in [-0.15, -0.1) is 24.0 Å². The molecule has 7 heteroatoms. The first-order valence-electron chi connectivity index (χ1n) is 9.95. The molecule has 0 aliphatic rings. The summed E-state index contributed by atoms with van der Waals surface area (Å²) in [5, 5.41) is 6.58. The van der Waals surface area contributed by atoms with E-state index in [0.29, 0.717) is 18.7 Å². The van der Waals surface area contributed by atoms with Crippen LogP contribution in [-0.4, -0.2) is 50.1 Å². The van der Waals surface area contributed by atoms with E-state index in [1.54, 1.807) is 19.0 Å². The van der Waals surface area contributed by atoms with Crippen molar-refractivity contribution in [1.29, 1.82) is 0 Å². The van der Waals surface area contributed by atoms with Gasteiger partial charge in [0, 0.05) is 26.2 Å². The first-order chi connectivity index (χ1) is 13.9. The smallest absolute Gasteiger partial charge is 0.253 e. The number of nitrogens with one attached hydrogen (secondary N) is 2. The highest BCUT2D eigenvalue weighted by Gasteiger charge is 2.09. The number of ether oxygens (including phenoxy) is 1. The zero-order valence-electron chi connectivity index (χ0n) is 18.4. The van der Waals surface area contributed by atoms with Crippen molar-refractivity contribution >= 4 is 35.8 Å². The van der Waals surface area contributed by atoms with E-state index < -0.39 is 0 Å². The summed E-state index contributed by atoms with van der Waals surface area (Å²) in [4.78, 5) is 18.2. The molecule has 0 fully saturated rings. The number of carbonyl (C=O) groups excluding carboxylic acids is 1. The Kier molecular flexibility index (Phi) is 11.2. The quantitative estimate of drug-likeness (QED) is 0.313. The molecule has 30 heavy (non-hydrogen) atoms. The monoisotopic (exact) mass is 524 g/mol. The van der Waals surface area contributed by atoms with Crippen molar-refractivity contribution in [2.45, 2.75) is 33.4 Å². The fourth-order valence-electron chi connectivity index (χ4n) is 2.71. The summed E-state index contributed by atoms with van der Waals surface area (Å²) in [6.07, 6.45) is -0.00344. The predicted molar refractivity (Wildman–Crippen MR) is 134 cm³/mol. The Morgan fingerprint density at radius 2 is 1.77 bits per heavy atom. The molecule has 2 N–H and O–H groups in total. The normalized spacial score (nSPS) is 11.8. The third-order valence-corrected chi connectivity index (χ3v) is 4.35. The summed E-state index contributed by atoms with van der Waals surface area (Å²) >= 11 is 0. The molecule has 0 bridgehead atoms. The molecule has 0 aromatic heterocycles. The minimum Gasteiger partial charge on any atom is -0.489 e. The molecule has 2 aromatic carbocycles. The Morgan fingerprint density at radius 1 is 1.10 bits per heavy atom. The van der Waals surface area contributed by atoms with E-state index in [2.05, 4.69) is 15.6 Å². The van der Waals surface area contributed by atoms with Crippen LogP contribution in [0.25, 0.3) is 0 Å². The van der Waals surface area contributed by atoms with E-state index >= 15 is 0 Å². The molecule has 0 aliphatic heterocycles. The summed E-state index contributed by atoms with van der Waals surface area (Å²) in [7, 11) is 3.50. The largest absolute Gasteiger partial charge is 0.489 e. The molecule has 0 saturated carbocycles. The number of rotatable bonds is 8. The number of hydrogen-bond acceptors (Lipinski definition) is 3. The summed E-state index contributed by atoms with van der Waals surface area (Å²) in [5.74, 6) is 1.63.